The fourth-order valence-corrected chi connectivity index (χ4v) is 4.93. The first-order valence-electron chi connectivity index (χ1n) is 12.9. The van der Waals surface area contributed by atoms with Crippen molar-refractivity contribution in [2.75, 3.05) is 30.2 Å². The maximum atomic E-state index is 13.9. The summed E-state index contributed by atoms with van der Waals surface area (Å²) in [5.41, 5.74) is 4.91. The monoisotopic (exact) mass is 555 g/mol. The minimum atomic E-state index is -0.769. The van der Waals surface area contributed by atoms with Gasteiger partial charge in [-0.05, 0) is 74.9 Å². The molecule has 0 saturated heterocycles. The normalized spacial score (nSPS) is 14.1. The molecule has 1 aromatic heterocycles. The first-order chi connectivity index (χ1) is 19.7. The Kier molecular flexibility index (Phi) is 7.47. The van der Waals surface area contributed by atoms with Crippen molar-refractivity contribution in [1.82, 2.24) is 9.78 Å². The minimum Gasteiger partial charge on any atom is -0.497 e. The fourth-order valence-electron chi connectivity index (χ4n) is 4.93. The van der Waals surface area contributed by atoms with Crippen LogP contribution in [0.2, 0.25) is 0 Å². The molecule has 4 aromatic rings. The lowest BCUT2D eigenvalue weighted by Crippen LogP contribution is -2.32. The molecule has 41 heavy (non-hydrogen) atoms. The van der Waals surface area contributed by atoms with Crippen molar-refractivity contribution < 1.29 is 23.5 Å². The van der Waals surface area contributed by atoms with E-state index in [-0.39, 0.29) is 11.5 Å². The van der Waals surface area contributed by atoms with Crippen LogP contribution in [0.5, 0.6) is 11.5 Å². The molecule has 1 aliphatic heterocycles. The number of aryl methyl sites for hydroxylation is 2. The van der Waals surface area contributed by atoms with Crippen LogP contribution in [-0.4, -0.2) is 35.8 Å². The van der Waals surface area contributed by atoms with Crippen molar-refractivity contribution >= 4 is 29.0 Å². The number of methoxy groups -OCH3 is 2. The molecule has 210 valence electrons. The van der Waals surface area contributed by atoms with Gasteiger partial charge in [-0.2, -0.15) is 5.10 Å². The molecule has 0 fully saturated rings. The molecule has 0 bridgehead atoms. The minimum absolute atomic E-state index is 0.245. The highest BCUT2D eigenvalue weighted by molar-refractivity contribution is 6.09. The summed E-state index contributed by atoms with van der Waals surface area (Å²) in [6.45, 7) is 5.70. The van der Waals surface area contributed by atoms with E-state index in [4.69, 9.17) is 9.47 Å². The van der Waals surface area contributed by atoms with Gasteiger partial charge in [0, 0.05) is 22.6 Å². The van der Waals surface area contributed by atoms with E-state index in [1.54, 1.807) is 44.0 Å². The summed E-state index contributed by atoms with van der Waals surface area (Å²) in [5.74, 6) is 0.276. The number of carbonyl (C=O) groups excluding carboxylic acids is 2. The molecule has 3 N–H and O–H groups in total. The number of hydrogen-bond acceptors (Lipinski definition) is 6. The average molecular weight is 556 g/mol. The van der Waals surface area contributed by atoms with Crippen LogP contribution in [0.15, 0.2) is 78.1 Å². The Labute approximate surface area is 237 Å². The third-order valence-electron chi connectivity index (χ3n) is 6.98. The first kappa shape index (κ1) is 27.4. The molecule has 2 amide bonds. The largest absolute Gasteiger partial charge is 0.497 e. The van der Waals surface area contributed by atoms with Crippen LogP contribution in [0, 0.1) is 19.7 Å². The highest BCUT2D eigenvalue weighted by Crippen LogP contribution is 2.42. The number of rotatable bonds is 7. The highest BCUT2D eigenvalue weighted by atomic mass is 19.1. The second-order valence-electron chi connectivity index (χ2n) is 9.76. The highest BCUT2D eigenvalue weighted by Gasteiger charge is 2.37. The molecule has 3 aromatic carbocycles. The maximum absolute atomic E-state index is 13.9. The van der Waals surface area contributed by atoms with Gasteiger partial charge in [0.2, 0.25) is 0 Å². The van der Waals surface area contributed by atoms with E-state index in [9.17, 15) is 14.0 Å². The van der Waals surface area contributed by atoms with Crippen LogP contribution in [0.25, 0.3) is 0 Å². The summed E-state index contributed by atoms with van der Waals surface area (Å²) in [4.78, 5) is 27.2. The predicted molar refractivity (Wildman–Crippen MR) is 155 cm³/mol. The van der Waals surface area contributed by atoms with E-state index in [2.05, 4.69) is 21.0 Å². The molecule has 0 spiro atoms. The van der Waals surface area contributed by atoms with E-state index >= 15 is 0 Å². The number of anilines is 3. The first-order valence-corrected chi connectivity index (χ1v) is 12.9. The number of ether oxygens (including phenoxy) is 2. The van der Waals surface area contributed by atoms with Gasteiger partial charge in [-0.25, -0.2) is 9.07 Å². The molecule has 10 heteroatoms. The summed E-state index contributed by atoms with van der Waals surface area (Å²) in [5, 5.41) is 13.6. The lowest BCUT2D eigenvalue weighted by molar-refractivity contribution is -0.113. The van der Waals surface area contributed by atoms with Crippen LogP contribution in [-0.2, 0) is 4.79 Å². The molecule has 2 heterocycles. The van der Waals surface area contributed by atoms with Gasteiger partial charge in [0.05, 0.1) is 26.0 Å². The van der Waals surface area contributed by atoms with Gasteiger partial charge in [-0.3, -0.25) is 9.59 Å². The molecule has 0 unspecified atom stereocenters. The number of nitrogens with zero attached hydrogens (tertiary/aromatic N) is 2. The van der Waals surface area contributed by atoms with Gasteiger partial charge in [0.1, 0.15) is 34.7 Å². The van der Waals surface area contributed by atoms with Crippen LogP contribution in [0.1, 0.15) is 40.0 Å². The smallest absolute Gasteiger partial charge is 0.261 e. The van der Waals surface area contributed by atoms with E-state index in [0.717, 1.165) is 11.1 Å². The van der Waals surface area contributed by atoms with Crippen molar-refractivity contribution in [3.05, 3.63) is 106 Å². The molecule has 9 nitrogen and oxygen atoms in total. The quantitative estimate of drug-likeness (QED) is 0.265. The molecule has 0 radical (unpaired) electrons. The van der Waals surface area contributed by atoms with Gasteiger partial charge in [0.15, 0.2) is 0 Å². The van der Waals surface area contributed by atoms with Gasteiger partial charge in [-0.15, -0.1) is 0 Å². The van der Waals surface area contributed by atoms with Crippen LogP contribution >= 0.6 is 0 Å². The van der Waals surface area contributed by atoms with Crippen LogP contribution in [0.4, 0.5) is 21.6 Å². The molecular formula is C31H30FN5O4. The van der Waals surface area contributed by atoms with Gasteiger partial charge >= 0.3 is 0 Å². The van der Waals surface area contributed by atoms with E-state index in [0.29, 0.717) is 45.5 Å². The summed E-state index contributed by atoms with van der Waals surface area (Å²) >= 11 is 0. The number of benzene rings is 3. The van der Waals surface area contributed by atoms with Crippen molar-refractivity contribution in [3.8, 4) is 11.5 Å². The van der Waals surface area contributed by atoms with Crippen molar-refractivity contribution in [2.45, 2.75) is 26.8 Å². The van der Waals surface area contributed by atoms with Crippen LogP contribution in [0.3, 0.4) is 0 Å². The number of aromatic nitrogens is 2. The number of hydrogen-bond donors (Lipinski definition) is 3. The Morgan fingerprint density at radius 3 is 2.37 bits per heavy atom. The van der Waals surface area contributed by atoms with E-state index < -0.39 is 17.8 Å². The van der Waals surface area contributed by atoms with Gasteiger partial charge in [0.25, 0.3) is 11.8 Å². The Bertz CT molecular complexity index is 1680. The van der Waals surface area contributed by atoms with Gasteiger partial charge < -0.3 is 25.4 Å². The molecule has 1 aliphatic rings. The zero-order valence-electron chi connectivity index (χ0n) is 23.3. The van der Waals surface area contributed by atoms with Crippen LogP contribution < -0.4 is 25.4 Å². The Hall–Kier alpha value is -5.12. The fraction of sp³-hybridized carbons (Fsp3) is 0.194. The lowest BCUT2D eigenvalue weighted by atomic mass is 9.93. The second-order valence-corrected chi connectivity index (χ2v) is 9.76. The second kappa shape index (κ2) is 11.2. The standard InChI is InChI=1S/C31H30FN5O4/c1-17-6-12-25(18(2)14-17)36-31(39)27-19(3)34-29-24(30(38)35-21-9-7-20(32)8-10-21)16-33-37(29)28(27)23-15-22(40-4)11-13-26(23)41-5/h6-16,28,34H,1-5H3,(H,35,38)(H,36,39)/t28-/m1/s1. The van der Waals surface area contributed by atoms with E-state index in [1.165, 1.54) is 30.5 Å². The predicted octanol–water partition coefficient (Wildman–Crippen LogP) is 5.84. The number of carbonyl (C=O) groups is 2. The Morgan fingerprint density at radius 1 is 0.927 bits per heavy atom. The third kappa shape index (κ3) is 5.36. The van der Waals surface area contributed by atoms with Crippen molar-refractivity contribution in [1.29, 1.82) is 0 Å². The summed E-state index contributed by atoms with van der Waals surface area (Å²) in [6.07, 6.45) is 1.43. The number of nitrogens with one attached hydrogen (secondary N) is 3. The summed E-state index contributed by atoms with van der Waals surface area (Å²) in [7, 11) is 3.10. The van der Waals surface area contributed by atoms with Crippen molar-refractivity contribution in [3.63, 3.8) is 0 Å². The lowest BCUT2D eigenvalue weighted by Gasteiger charge is -2.31. The number of fused-ring (bicyclic) bond motifs is 1. The number of halogens is 1. The molecule has 1 atom stereocenters. The summed E-state index contributed by atoms with van der Waals surface area (Å²) in [6, 6.07) is 15.8. The average Bonchev–Trinajstić information content (AvgIpc) is 3.38. The maximum Gasteiger partial charge on any atom is 0.261 e. The van der Waals surface area contributed by atoms with Gasteiger partial charge in [-0.1, -0.05) is 17.7 Å². The zero-order chi connectivity index (χ0) is 29.3. The zero-order valence-corrected chi connectivity index (χ0v) is 23.3. The summed E-state index contributed by atoms with van der Waals surface area (Å²) < 4.78 is 26.1. The molecule has 0 aliphatic carbocycles. The number of amides is 2. The SMILES string of the molecule is COc1ccc(OC)c([C@@H]2C(C(=O)Nc3ccc(C)cc3C)=C(C)Nc3c(C(=O)Nc4ccc(F)cc4)cnn32)c1. The Balaban J connectivity index is 1.60. The molecular weight excluding hydrogens is 525 g/mol. The third-order valence-corrected chi connectivity index (χ3v) is 6.98. The molecule has 0 saturated carbocycles. The van der Waals surface area contributed by atoms with Crippen molar-refractivity contribution in [2.24, 2.45) is 0 Å². The molecule has 5 rings (SSSR count). The van der Waals surface area contributed by atoms with E-state index in [1.807, 2.05) is 32.0 Å². The Morgan fingerprint density at radius 2 is 1.68 bits per heavy atom. The topological polar surface area (TPSA) is 107 Å². The number of allylic oxidation sites excluding steroid dienone is 1.